The molecule has 12 heteroatoms. The number of benzene rings is 2. The second kappa shape index (κ2) is 21.4. The van der Waals surface area contributed by atoms with E-state index < -0.39 is 23.9 Å². The van der Waals surface area contributed by atoms with E-state index >= 15 is 0 Å². The minimum Gasteiger partial charge on any atom is -0.550 e. The van der Waals surface area contributed by atoms with Crippen LogP contribution in [-0.2, 0) is 19.2 Å². The fourth-order valence-corrected chi connectivity index (χ4v) is 1.65. The second-order valence-corrected chi connectivity index (χ2v) is 6.33. The lowest BCUT2D eigenvalue weighted by Crippen LogP contribution is -2.16. The van der Waals surface area contributed by atoms with E-state index in [0.717, 1.165) is 33.3 Å². The SMILES string of the molecule is CC(=O)[O-].CC(=O)[O-].CC(=O)[O-].CC(=O)[O-].Oc1ccc(C#CCC=Cc2ccc(O)c(O)c2)cc1O. The number of carboxylic acid groups (broad SMARTS) is 4. The van der Waals surface area contributed by atoms with Crippen LogP contribution in [0.4, 0.5) is 0 Å². The summed E-state index contributed by atoms with van der Waals surface area (Å²) in [6.07, 6.45) is 4.09. The van der Waals surface area contributed by atoms with Gasteiger partial charge in [-0.15, -0.1) is 0 Å². The number of carbonyl (C=O) groups excluding carboxylic acids is 4. The van der Waals surface area contributed by atoms with Crippen LogP contribution in [0.15, 0.2) is 42.5 Å². The van der Waals surface area contributed by atoms with Crippen LogP contribution in [0.1, 0.15) is 45.2 Å². The Morgan fingerprint density at radius 2 is 1.05 bits per heavy atom. The maximum absolute atomic E-state index is 9.34. The molecule has 2 rings (SSSR count). The van der Waals surface area contributed by atoms with E-state index in [2.05, 4.69) is 11.8 Å². The molecule has 0 atom stereocenters. The smallest absolute Gasteiger partial charge is 0.158 e. The number of aromatic hydroxyl groups is 4. The maximum atomic E-state index is 9.34. The standard InChI is InChI=1S/C17H14O4.4C2H4O2/c18-14-8-6-12(10-16(14)20)4-2-1-3-5-13-7-9-15(19)17(21)11-13;4*1-2(3)4/h2,4,6-11,18-21H,1H2;4*1H3,(H,3,4)/p-4. The molecule has 0 aliphatic heterocycles. The first-order chi connectivity index (χ1) is 17.0. The van der Waals surface area contributed by atoms with Crippen molar-refractivity contribution in [2.45, 2.75) is 34.1 Å². The zero-order valence-corrected chi connectivity index (χ0v) is 20.4. The van der Waals surface area contributed by atoms with Gasteiger partial charge in [0.1, 0.15) is 0 Å². The summed E-state index contributed by atoms with van der Waals surface area (Å²) in [5.41, 5.74) is 1.37. The Morgan fingerprint density at radius 1 is 0.676 bits per heavy atom. The van der Waals surface area contributed by atoms with Crippen molar-refractivity contribution < 1.29 is 60.0 Å². The van der Waals surface area contributed by atoms with Gasteiger partial charge in [0, 0.05) is 35.9 Å². The van der Waals surface area contributed by atoms with Crippen LogP contribution < -0.4 is 20.4 Å². The van der Waals surface area contributed by atoms with Crippen LogP contribution in [-0.4, -0.2) is 44.3 Å². The Balaban J connectivity index is -0.000000591. The largest absolute Gasteiger partial charge is 0.550 e. The zero-order chi connectivity index (χ0) is 29.6. The van der Waals surface area contributed by atoms with E-state index in [1.165, 1.54) is 24.3 Å². The molecule has 0 saturated carbocycles. The van der Waals surface area contributed by atoms with Crippen molar-refractivity contribution in [2.24, 2.45) is 0 Å². The summed E-state index contributed by atoms with van der Waals surface area (Å²) in [6, 6.07) is 8.94. The molecule has 0 radical (unpaired) electrons. The van der Waals surface area contributed by atoms with Crippen molar-refractivity contribution in [1.82, 2.24) is 0 Å². The van der Waals surface area contributed by atoms with Gasteiger partial charge in [-0.3, -0.25) is 0 Å². The third kappa shape index (κ3) is 30.8. The van der Waals surface area contributed by atoms with Gasteiger partial charge < -0.3 is 60.0 Å². The normalized spacial score (nSPS) is 8.54. The molecular weight excluding hydrogens is 492 g/mol. The monoisotopic (exact) mass is 518 g/mol. The van der Waals surface area contributed by atoms with Crippen molar-refractivity contribution in [2.75, 3.05) is 0 Å². The Hall–Kier alpha value is -5.18. The predicted octanol–water partition coefficient (Wildman–Crippen LogP) is -2.01. The number of hydrogen-bond acceptors (Lipinski definition) is 12. The van der Waals surface area contributed by atoms with Crippen LogP contribution >= 0.6 is 0 Å². The minimum absolute atomic E-state index is 0.154. The number of carboxylic acids is 4. The third-order valence-electron chi connectivity index (χ3n) is 2.74. The Bertz CT molecular complexity index is 1040. The van der Waals surface area contributed by atoms with Crippen molar-refractivity contribution in [3.63, 3.8) is 0 Å². The van der Waals surface area contributed by atoms with E-state index in [9.17, 15) is 20.4 Å². The Morgan fingerprint density at radius 3 is 1.43 bits per heavy atom. The quantitative estimate of drug-likeness (QED) is 0.249. The summed E-state index contributed by atoms with van der Waals surface area (Å²) in [5, 5.41) is 72.6. The number of phenolic OH excluding ortho intramolecular Hbond substituents is 4. The van der Waals surface area contributed by atoms with Gasteiger partial charge in [-0.1, -0.05) is 30.1 Å². The molecular formula is C25H26O12-4. The minimum atomic E-state index is -1.08. The molecule has 37 heavy (non-hydrogen) atoms. The summed E-state index contributed by atoms with van der Waals surface area (Å²) in [5.74, 6) is 0.739. The number of rotatable bonds is 2. The summed E-state index contributed by atoms with van der Waals surface area (Å²) >= 11 is 0. The van der Waals surface area contributed by atoms with E-state index in [0.29, 0.717) is 12.0 Å². The first kappa shape index (κ1) is 36.4. The molecule has 0 amide bonds. The molecule has 2 aromatic carbocycles. The summed E-state index contributed by atoms with van der Waals surface area (Å²) < 4.78 is 0. The summed E-state index contributed by atoms with van der Waals surface area (Å²) in [6.45, 7) is 3.89. The number of allylic oxidation sites excluding steroid dienone is 1. The third-order valence-corrected chi connectivity index (χ3v) is 2.74. The highest BCUT2D eigenvalue weighted by Gasteiger charge is 1.98. The Kier molecular flexibility index (Phi) is 21.0. The fraction of sp³-hybridized carbons (Fsp3) is 0.200. The van der Waals surface area contributed by atoms with Gasteiger partial charge in [0.25, 0.3) is 0 Å². The topological polar surface area (TPSA) is 241 Å². The molecule has 0 bridgehead atoms. The van der Waals surface area contributed by atoms with Gasteiger partial charge in [0.05, 0.1) is 0 Å². The van der Waals surface area contributed by atoms with E-state index in [1.807, 2.05) is 6.08 Å². The van der Waals surface area contributed by atoms with E-state index in [4.69, 9.17) is 39.6 Å². The van der Waals surface area contributed by atoms with Crippen LogP contribution in [0.3, 0.4) is 0 Å². The molecule has 0 saturated heterocycles. The number of aliphatic carboxylic acids is 4. The fourth-order valence-electron chi connectivity index (χ4n) is 1.65. The van der Waals surface area contributed by atoms with Gasteiger partial charge >= 0.3 is 0 Å². The summed E-state index contributed by atoms with van der Waals surface area (Å²) in [7, 11) is 0. The average Bonchev–Trinajstić information content (AvgIpc) is 2.71. The van der Waals surface area contributed by atoms with Crippen LogP contribution in [0.5, 0.6) is 23.0 Å². The highest BCUT2D eigenvalue weighted by molar-refractivity contribution is 5.61. The van der Waals surface area contributed by atoms with Gasteiger partial charge in [-0.25, -0.2) is 0 Å². The predicted molar refractivity (Wildman–Crippen MR) is 123 cm³/mol. The van der Waals surface area contributed by atoms with E-state index in [1.54, 1.807) is 18.2 Å². The molecule has 0 unspecified atom stereocenters. The maximum Gasteiger partial charge on any atom is 0.158 e. The first-order valence-electron chi connectivity index (χ1n) is 9.89. The van der Waals surface area contributed by atoms with Gasteiger partial charge in [0.15, 0.2) is 23.0 Å². The molecule has 0 aromatic heterocycles. The molecule has 0 heterocycles. The van der Waals surface area contributed by atoms with Crippen LogP contribution in [0.25, 0.3) is 6.08 Å². The lowest BCUT2D eigenvalue weighted by molar-refractivity contribution is -0.303. The second-order valence-electron chi connectivity index (χ2n) is 6.33. The van der Waals surface area contributed by atoms with Crippen molar-refractivity contribution in [3.8, 4) is 34.8 Å². The first-order valence-corrected chi connectivity index (χ1v) is 9.89. The van der Waals surface area contributed by atoms with Crippen LogP contribution in [0, 0.1) is 11.8 Å². The summed E-state index contributed by atoms with van der Waals surface area (Å²) in [4.78, 5) is 35.6. The highest BCUT2D eigenvalue weighted by atomic mass is 16.4. The number of carbonyl (C=O) groups is 4. The zero-order valence-electron chi connectivity index (χ0n) is 20.4. The molecule has 4 N–H and O–H groups in total. The lowest BCUT2D eigenvalue weighted by atomic mass is 10.1. The Labute approximate surface area is 213 Å². The number of phenols is 4. The molecule has 2 aromatic rings. The molecule has 0 aliphatic rings. The lowest BCUT2D eigenvalue weighted by Gasteiger charge is -1.97. The molecule has 12 nitrogen and oxygen atoms in total. The highest BCUT2D eigenvalue weighted by Crippen LogP contribution is 2.25. The average molecular weight is 518 g/mol. The number of hydrogen-bond donors (Lipinski definition) is 4. The van der Waals surface area contributed by atoms with Crippen molar-refractivity contribution in [1.29, 1.82) is 0 Å². The molecule has 202 valence electrons. The van der Waals surface area contributed by atoms with Gasteiger partial charge in [-0.2, -0.15) is 0 Å². The van der Waals surface area contributed by atoms with Crippen LogP contribution in [0.2, 0.25) is 0 Å². The van der Waals surface area contributed by atoms with Gasteiger partial charge in [0.2, 0.25) is 0 Å². The van der Waals surface area contributed by atoms with Crippen molar-refractivity contribution in [3.05, 3.63) is 53.6 Å². The molecule has 0 spiro atoms. The molecule has 0 aliphatic carbocycles. The molecule has 0 fully saturated rings. The van der Waals surface area contributed by atoms with E-state index in [-0.39, 0.29) is 23.0 Å². The van der Waals surface area contributed by atoms with Crippen molar-refractivity contribution >= 4 is 30.0 Å². The van der Waals surface area contributed by atoms with Gasteiger partial charge in [-0.05, 0) is 63.6 Å².